The number of hydrogen-bond donors (Lipinski definition) is 1. The summed E-state index contributed by atoms with van der Waals surface area (Å²) in [5.74, 6) is -0.795. The van der Waals surface area contributed by atoms with Gasteiger partial charge < -0.3 is 19.2 Å². The maximum atomic E-state index is 12.4. The van der Waals surface area contributed by atoms with Gasteiger partial charge in [0, 0.05) is 13.1 Å². The predicted octanol–water partition coefficient (Wildman–Crippen LogP) is 0.123. The summed E-state index contributed by atoms with van der Waals surface area (Å²) in [6.07, 6.45) is -0.702. The number of carbonyl (C=O) groups excluding carboxylic acids is 1. The molecule has 1 N–H and O–H groups in total. The summed E-state index contributed by atoms with van der Waals surface area (Å²) in [6, 6.07) is 5.38. The fourth-order valence-electron chi connectivity index (χ4n) is 2.58. The maximum Gasteiger partial charge on any atom is 0.420 e. The van der Waals surface area contributed by atoms with Gasteiger partial charge in [-0.25, -0.2) is 4.79 Å². The first-order valence-corrected chi connectivity index (χ1v) is 7.18. The van der Waals surface area contributed by atoms with Crippen LogP contribution in [0.2, 0.25) is 0 Å². The molecule has 2 aromatic rings. The van der Waals surface area contributed by atoms with Gasteiger partial charge in [-0.05, 0) is 24.6 Å². The second-order valence-corrected chi connectivity index (χ2v) is 5.49. The number of oxazole rings is 1. The van der Waals surface area contributed by atoms with Crippen LogP contribution in [-0.4, -0.2) is 52.9 Å². The monoisotopic (exact) mass is 306 g/mol. The number of fused-ring (bicyclic) bond motifs is 1. The summed E-state index contributed by atoms with van der Waals surface area (Å²) in [5, 5.41) is 9.69. The van der Waals surface area contributed by atoms with Crippen molar-refractivity contribution in [1.29, 1.82) is 0 Å². The van der Waals surface area contributed by atoms with E-state index in [0.29, 0.717) is 24.3 Å². The van der Waals surface area contributed by atoms with Gasteiger partial charge in [-0.3, -0.25) is 9.36 Å². The largest absolute Gasteiger partial charge is 0.420 e. The van der Waals surface area contributed by atoms with Gasteiger partial charge in [-0.2, -0.15) is 0 Å². The first-order valence-electron chi connectivity index (χ1n) is 7.18. The van der Waals surface area contributed by atoms with Crippen LogP contribution in [0.3, 0.4) is 0 Å². The zero-order chi connectivity index (χ0) is 15.7. The first-order chi connectivity index (χ1) is 10.5. The van der Waals surface area contributed by atoms with Crippen molar-refractivity contribution in [1.82, 2.24) is 9.47 Å². The highest BCUT2D eigenvalue weighted by molar-refractivity contribution is 5.80. The van der Waals surface area contributed by atoms with Gasteiger partial charge in [0.1, 0.15) is 6.54 Å². The van der Waals surface area contributed by atoms with Crippen LogP contribution in [0.1, 0.15) is 5.56 Å². The highest BCUT2D eigenvalue weighted by Gasteiger charge is 2.22. The van der Waals surface area contributed by atoms with E-state index in [0.717, 1.165) is 5.56 Å². The number of hydrogen-bond acceptors (Lipinski definition) is 5. The molecule has 1 aromatic heterocycles. The Balaban J connectivity index is 1.86. The average molecular weight is 306 g/mol. The topological polar surface area (TPSA) is 84.9 Å². The summed E-state index contributed by atoms with van der Waals surface area (Å²) < 4.78 is 11.7. The molecule has 1 saturated heterocycles. The minimum Gasteiger partial charge on any atom is -0.408 e. The van der Waals surface area contributed by atoms with E-state index < -0.39 is 11.9 Å². The number of β-amino-alcohol motifs (C(OH)–C–C–N with tert-alkyl or cyclic N) is 1. The van der Waals surface area contributed by atoms with E-state index in [4.69, 9.17) is 9.15 Å². The quantitative estimate of drug-likeness (QED) is 0.852. The molecule has 0 unspecified atom stereocenters. The molecule has 0 radical (unpaired) electrons. The molecule has 22 heavy (non-hydrogen) atoms. The fourth-order valence-corrected chi connectivity index (χ4v) is 2.58. The number of aryl methyl sites for hydroxylation is 1. The summed E-state index contributed by atoms with van der Waals surface area (Å²) in [4.78, 5) is 25.9. The second kappa shape index (κ2) is 5.94. The Bertz CT molecular complexity index is 748. The standard InChI is InChI=1S/C15H18N2O5/c1-10-2-3-13-12(6-10)17(15(20)22-13)8-14(19)16-4-5-21-9-11(18)7-16/h2-3,6,11,18H,4-5,7-9H2,1H3/t11-/m1/s1. The Morgan fingerprint density at radius 2 is 2.27 bits per heavy atom. The predicted molar refractivity (Wildman–Crippen MR) is 78.6 cm³/mol. The minimum atomic E-state index is -0.702. The molecule has 0 saturated carbocycles. The summed E-state index contributed by atoms with van der Waals surface area (Å²) in [5.41, 5.74) is 2.04. The van der Waals surface area contributed by atoms with Crippen LogP contribution in [0.4, 0.5) is 0 Å². The molecule has 1 aliphatic heterocycles. The Kier molecular flexibility index (Phi) is 4.00. The van der Waals surface area contributed by atoms with E-state index in [1.54, 1.807) is 6.07 Å². The average Bonchev–Trinajstić information content (AvgIpc) is 2.65. The number of aliphatic hydroxyl groups excluding tert-OH is 1. The van der Waals surface area contributed by atoms with Gasteiger partial charge in [0.2, 0.25) is 5.91 Å². The Morgan fingerprint density at radius 1 is 1.45 bits per heavy atom. The minimum absolute atomic E-state index is 0.109. The van der Waals surface area contributed by atoms with Crippen molar-refractivity contribution in [3.63, 3.8) is 0 Å². The number of aromatic nitrogens is 1. The number of benzene rings is 1. The molecule has 1 fully saturated rings. The number of aliphatic hydroxyl groups is 1. The smallest absolute Gasteiger partial charge is 0.408 e. The molecule has 1 aliphatic rings. The molecule has 1 amide bonds. The van der Waals surface area contributed by atoms with Crippen LogP contribution < -0.4 is 5.76 Å². The third-order valence-corrected chi connectivity index (χ3v) is 3.72. The molecule has 3 rings (SSSR count). The first kappa shape index (κ1) is 14.8. The van der Waals surface area contributed by atoms with Crippen LogP contribution in [0.25, 0.3) is 11.1 Å². The highest BCUT2D eigenvalue weighted by atomic mass is 16.5. The van der Waals surface area contributed by atoms with Gasteiger partial charge in [-0.15, -0.1) is 0 Å². The molecule has 0 spiro atoms. The second-order valence-electron chi connectivity index (χ2n) is 5.49. The molecule has 7 nitrogen and oxygen atoms in total. The van der Waals surface area contributed by atoms with Crippen LogP contribution >= 0.6 is 0 Å². The number of rotatable bonds is 2. The Morgan fingerprint density at radius 3 is 3.09 bits per heavy atom. The van der Waals surface area contributed by atoms with Crippen molar-refractivity contribution in [3.05, 3.63) is 34.3 Å². The molecular weight excluding hydrogens is 288 g/mol. The van der Waals surface area contributed by atoms with E-state index in [1.165, 1.54) is 9.47 Å². The zero-order valence-corrected chi connectivity index (χ0v) is 12.3. The van der Waals surface area contributed by atoms with Gasteiger partial charge in [0.25, 0.3) is 0 Å². The van der Waals surface area contributed by atoms with Crippen LogP contribution in [-0.2, 0) is 16.1 Å². The number of carbonyl (C=O) groups is 1. The summed E-state index contributed by atoms with van der Waals surface area (Å²) in [6.45, 7) is 3.01. The van der Waals surface area contributed by atoms with E-state index in [9.17, 15) is 14.7 Å². The molecular formula is C15H18N2O5. The lowest BCUT2D eigenvalue weighted by Crippen LogP contribution is -2.40. The lowest BCUT2D eigenvalue weighted by atomic mass is 10.2. The van der Waals surface area contributed by atoms with Gasteiger partial charge in [0.15, 0.2) is 5.58 Å². The molecule has 0 aliphatic carbocycles. The van der Waals surface area contributed by atoms with Crippen molar-refractivity contribution in [2.24, 2.45) is 0 Å². The molecule has 118 valence electrons. The van der Waals surface area contributed by atoms with Gasteiger partial charge in [-0.1, -0.05) is 6.07 Å². The van der Waals surface area contributed by atoms with Crippen molar-refractivity contribution >= 4 is 17.0 Å². The molecule has 0 bridgehead atoms. The van der Waals surface area contributed by atoms with Gasteiger partial charge >= 0.3 is 5.76 Å². The van der Waals surface area contributed by atoms with Gasteiger partial charge in [0.05, 0.1) is 24.8 Å². The third kappa shape index (κ3) is 2.90. The van der Waals surface area contributed by atoms with E-state index in [-0.39, 0.29) is 25.6 Å². The third-order valence-electron chi connectivity index (χ3n) is 3.72. The Labute approximate surface area is 126 Å². The number of amides is 1. The van der Waals surface area contributed by atoms with Crippen molar-refractivity contribution in [3.8, 4) is 0 Å². The SMILES string of the molecule is Cc1ccc2oc(=O)n(CC(=O)N3CCOC[C@H](O)C3)c2c1. The normalized spacial score (nSPS) is 19.4. The Hall–Kier alpha value is -2.12. The van der Waals surface area contributed by atoms with Crippen molar-refractivity contribution in [2.45, 2.75) is 19.6 Å². The molecule has 7 heteroatoms. The number of ether oxygens (including phenoxy) is 1. The maximum absolute atomic E-state index is 12.4. The summed E-state index contributed by atoms with van der Waals surface area (Å²) >= 11 is 0. The van der Waals surface area contributed by atoms with E-state index in [2.05, 4.69) is 0 Å². The number of nitrogens with zero attached hydrogens (tertiary/aromatic N) is 2. The van der Waals surface area contributed by atoms with E-state index in [1.807, 2.05) is 19.1 Å². The van der Waals surface area contributed by atoms with Crippen LogP contribution in [0.5, 0.6) is 0 Å². The van der Waals surface area contributed by atoms with Crippen molar-refractivity contribution in [2.75, 3.05) is 26.3 Å². The lowest BCUT2D eigenvalue weighted by molar-refractivity contribution is -0.132. The molecule has 2 heterocycles. The summed E-state index contributed by atoms with van der Waals surface area (Å²) in [7, 11) is 0. The van der Waals surface area contributed by atoms with E-state index >= 15 is 0 Å². The lowest BCUT2D eigenvalue weighted by Gasteiger charge is -2.21. The zero-order valence-electron chi connectivity index (χ0n) is 12.3. The molecule has 1 aromatic carbocycles. The van der Waals surface area contributed by atoms with Crippen molar-refractivity contribution < 1.29 is 19.1 Å². The molecule has 1 atom stereocenters. The highest BCUT2D eigenvalue weighted by Crippen LogP contribution is 2.15. The fraction of sp³-hybridized carbons (Fsp3) is 0.467. The van der Waals surface area contributed by atoms with Crippen LogP contribution in [0.15, 0.2) is 27.4 Å². The van der Waals surface area contributed by atoms with Crippen LogP contribution in [0, 0.1) is 6.92 Å².